The topological polar surface area (TPSA) is 69.6 Å². The predicted molar refractivity (Wildman–Crippen MR) is 46.4 cm³/mol. The fourth-order valence-corrected chi connectivity index (χ4v) is 1.21. The van der Waals surface area contributed by atoms with Crippen molar-refractivity contribution >= 4 is 12.0 Å². The van der Waals surface area contributed by atoms with Gasteiger partial charge in [-0.1, -0.05) is 0 Å². The molecule has 1 rings (SSSR count). The lowest BCUT2D eigenvalue weighted by molar-refractivity contribution is -0.135. The molecule has 5 nitrogen and oxygen atoms in total. The molecule has 2 amide bonds. The Morgan fingerprint density at radius 3 is 2.54 bits per heavy atom. The maximum Gasteiger partial charge on any atom is 0.323 e. The van der Waals surface area contributed by atoms with Gasteiger partial charge in [-0.15, -0.1) is 0 Å². The van der Waals surface area contributed by atoms with Gasteiger partial charge in [-0.3, -0.25) is 4.79 Å². The van der Waals surface area contributed by atoms with Crippen molar-refractivity contribution in [2.75, 3.05) is 13.1 Å². The van der Waals surface area contributed by atoms with E-state index in [1.54, 1.807) is 4.90 Å². The minimum absolute atomic E-state index is 0.271. The van der Waals surface area contributed by atoms with Gasteiger partial charge in [-0.2, -0.15) is 0 Å². The monoisotopic (exact) mass is 186 g/mol. The molecule has 0 aliphatic heterocycles. The molecule has 1 saturated carbocycles. The Bertz CT molecular complexity index is 213. The molecule has 0 atom stereocenters. The summed E-state index contributed by atoms with van der Waals surface area (Å²) in [6.07, 6.45) is 2.07. The number of rotatable bonds is 4. The summed E-state index contributed by atoms with van der Waals surface area (Å²) in [5.74, 6) is -1.01. The third-order valence-electron chi connectivity index (χ3n) is 1.98. The Labute approximate surface area is 76.7 Å². The van der Waals surface area contributed by atoms with Crippen LogP contribution in [0, 0.1) is 0 Å². The van der Waals surface area contributed by atoms with Gasteiger partial charge in [0, 0.05) is 12.6 Å². The quantitative estimate of drug-likeness (QED) is 0.661. The average molecular weight is 186 g/mol. The zero-order valence-corrected chi connectivity index (χ0v) is 7.62. The average Bonchev–Trinajstić information content (AvgIpc) is 2.86. The van der Waals surface area contributed by atoms with E-state index in [1.165, 1.54) is 0 Å². The maximum absolute atomic E-state index is 11.3. The van der Waals surface area contributed by atoms with Crippen molar-refractivity contribution in [3.63, 3.8) is 0 Å². The highest BCUT2D eigenvalue weighted by Gasteiger charge is 2.31. The molecule has 13 heavy (non-hydrogen) atoms. The highest BCUT2D eigenvalue weighted by molar-refractivity contribution is 5.80. The Balaban J connectivity index is 2.31. The summed E-state index contributed by atoms with van der Waals surface area (Å²) in [6, 6.07) is 0.0613. The minimum atomic E-state index is -1.01. The van der Waals surface area contributed by atoms with Gasteiger partial charge in [0.15, 0.2) is 0 Å². The molecule has 0 aromatic carbocycles. The smallest absolute Gasteiger partial charge is 0.323 e. The first-order valence-corrected chi connectivity index (χ1v) is 4.41. The van der Waals surface area contributed by atoms with E-state index in [9.17, 15) is 9.59 Å². The molecule has 0 radical (unpaired) electrons. The van der Waals surface area contributed by atoms with E-state index < -0.39 is 5.97 Å². The van der Waals surface area contributed by atoms with Crippen LogP contribution in [0.4, 0.5) is 4.79 Å². The number of hydrogen-bond acceptors (Lipinski definition) is 2. The van der Waals surface area contributed by atoms with Gasteiger partial charge >= 0.3 is 12.0 Å². The van der Waals surface area contributed by atoms with Crippen molar-refractivity contribution in [2.45, 2.75) is 25.8 Å². The zero-order valence-electron chi connectivity index (χ0n) is 7.62. The first kappa shape index (κ1) is 9.83. The number of carboxylic acid groups (broad SMARTS) is 1. The normalized spacial score (nSPS) is 15.2. The van der Waals surface area contributed by atoms with Gasteiger partial charge in [0.25, 0.3) is 0 Å². The highest BCUT2D eigenvalue weighted by atomic mass is 16.4. The molecule has 1 aliphatic rings. The second kappa shape index (κ2) is 4.11. The lowest BCUT2D eigenvalue weighted by Crippen LogP contribution is -2.43. The van der Waals surface area contributed by atoms with E-state index in [-0.39, 0.29) is 12.6 Å². The Morgan fingerprint density at radius 2 is 2.15 bits per heavy atom. The molecule has 0 saturated heterocycles. The Hall–Kier alpha value is -1.26. The lowest BCUT2D eigenvalue weighted by atomic mass is 10.5. The Morgan fingerprint density at radius 1 is 1.54 bits per heavy atom. The number of nitrogens with zero attached hydrogens (tertiary/aromatic N) is 1. The van der Waals surface area contributed by atoms with Crippen LogP contribution in [-0.4, -0.2) is 41.1 Å². The molecule has 1 aliphatic carbocycles. The largest absolute Gasteiger partial charge is 0.480 e. The lowest BCUT2D eigenvalue weighted by Gasteiger charge is -2.19. The van der Waals surface area contributed by atoms with Crippen molar-refractivity contribution < 1.29 is 14.7 Å². The standard InChI is InChI=1S/C8H14N2O3/c1-2-10(6-3-4-6)8(13)9-5-7(11)12/h6H,2-5H2,1H3,(H,9,13)(H,11,12). The third kappa shape index (κ3) is 2.93. The maximum atomic E-state index is 11.3. The van der Waals surface area contributed by atoms with E-state index in [0.717, 1.165) is 12.8 Å². The minimum Gasteiger partial charge on any atom is -0.480 e. The molecule has 0 spiro atoms. The second-order valence-corrected chi connectivity index (χ2v) is 3.07. The number of urea groups is 1. The number of carbonyl (C=O) groups excluding carboxylic acids is 1. The van der Waals surface area contributed by atoms with Crippen LogP contribution in [0.15, 0.2) is 0 Å². The highest BCUT2D eigenvalue weighted by Crippen LogP contribution is 2.26. The molecular formula is C8H14N2O3. The number of nitrogens with one attached hydrogen (secondary N) is 1. The molecule has 0 aromatic rings. The summed E-state index contributed by atoms with van der Waals surface area (Å²) < 4.78 is 0. The van der Waals surface area contributed by atoms with Gasteiger partial charge in [0.2, 0.25) is 0 Å². The van der Waals surface area contributed by atoms with Gasteiger partial charge in [0.1, 0.15) is 6.54 Å². The van der Waals surface area contributed by atoms with Gasteiger partial charge in [0.05, 0.1) is 0 Å². The summed E-state index contributed by atoms with van der Waals surface area (Å²) in [5, 5.41) is 10.7. The number of hydrogen-bond donors (Lipinski definition) is 2. The van der Waals surface area contributed by atoms with E-state index in [1.807, 2.05) is 6.92 Å². The summed E-state index contributed by atoms with van der Waals surface area (Å²) in [4.78, 5) is 23.1. The molecule has 0 unspecified atom stereocenters. The second-order valence-electron chi connectivity index (χ2n) is 3.07. The zero-order chi connectivity index (χ0) is 9.84. The summed E-state index contributed by atoms with van der Waals surface area (Å²) >= 11 is 0. The van der Waals surface area contributed by atoms with Gasteiger partial charge < -0.3 is 15.3 Å². The van der Waals surface area contributed by atoms with Gasteiger partial charge in [-0.25, -0.2) is 4.79 Å². The van der Waals surface area contributed by atoms with E-state index >= 15 is 0 Å². The van der Waals surface area contributed by atoms with Crippen LogP contribution in [0.3, 0.4) is 0 Å². The van der Waals surface area contributed by atoms with Gasteiger partial charge in [-0.05, 0) is 19.8 Å². The van der Waals surface area contributed by atoms with Crippen LogP contribution in [0.5, 0.6) is 0 Å². The van der Waals surface area contributed by atoms with Crippen molar-refractivity contribution in [3.05, 3.63) is 0 Å². The number of carboxylic acids is 1. The van der Waals surface area contributed by atoms with Crippen LogP contribution in [-0.2, 0) is 4.79 Å². The molecule has 74 valence electrons. The number of aliphatic carboxylic acids is 1. The molecule has 5 heteroatoms. The first-order chi connectivity index (χ1) is 6.15. The molecular weight excluding hydrogens is 172 g/mol. The van der Waals surface area contributed by atoms with Crippen LogP contribution >= 0.6 is 0 Å². The molecule has 2 N–H and O–H groups in total. The van der Waals surface area contributed by atoms with Crippen LogP contribution < -0.4 is 5.32 Å². The summed E-state index contributed by atoms with van der Waals surface area (Å²) in [7, 11) is 0. The Kier molecular flexibility index (Phi) is 3.11. The van der Waals surface area contributed by atoms with E-state index in [2.05, 4.69) is 5.32 Å². The molecule has 1 fully saturated rings. The van der Waals surface area contributed by atoms with Crippen LogP contribution in [0.1, 0.15) is 19.8 Å². The summed E-state index contributed by atoms with van der Waals surface area (Å²) in [6.45, 7) is 2.22. The molecule has 0 bridgehead atoms. The van der Waals surface area contributed by atoms with Crippen molar-refractivity contribution in [3.8, 4) is 0 Å². The first-order valence-electron chi connectivity index (χ1n) is 4.41. The van der Waals surface area contributed by atoms with Crippen molar-refractivity contribution in [1.82, 2.24) is 10.2 Å². The third-order valence-corrected chi connectivity index (χ3v) is 1.98. The molecule has 0 aromatic heterocycles. The fourth-order valence-electron chi connectivity index (χ4n) is 1.21. The van der Waals surface area contributed by atoms with Crippen molar-refractivity contribution in [1.29, 1.82) is 0 Å². The van der Waals surface area contributed by atoms with E-state index in [4.69, 9.17) is 5.11 Å². The van der Waals surface area contributed by atoms with E-state index in [0.29, 0.717) is 12.6 Å². The SMILES string of the molecule is CCN(C(=O)NCC(=O)O)C1CC1. The number of amides is 2. The summed E-state index contributed by atoms with van der Waals surface area (Å²) in [5.41, 5.74) is 0. The fraction of sp³-hybridized carbons (Fsp3) is 0.750. The van der Waals surface area contributed by atoms with Crippen LogP contribution in [0.2, 0.25) is 0 Å². The molecule has 0 heterocycles. The van der Waals surface area contributed by atoms with Crippen molar-refractivity contribution in [2.24, 2.45) is 0 Å². The van der Waals surface area contributed by atoms with Crippen LogP contribution in [0.25, 0.3) is 0 Å². The number of carbonyl (C=O) groups is 2. The predicted octanol–water partition coefficient (Wildman–Crippen LogP) is 0.265.